The fourth-order valence-corrected chi connectivity index (χ4v) is 7.22. The third-order valence-corrected chi connectivity index (χ3v) is 9.22. The van der Waals surface area contributed by atoms with E-state index < -0.39 is 30.9 Å². The van der Waals surface area contributed by atoms with Crippen molar-refractivity contribution in [3.8, 4) is 0 Å². The minimum absolute atomic E-state index is 0.0162. The molecule has 0 aliphatic carbocycles. The highest BCUT2D eigenvalue weighted by Crippen LogP contribution is 2.35. The fraction of sp³-hybridized carbons (Fsp3) is 0.333. The zero-order valence-electron chi connectivity index (χ0n) is 14.6. The molecule has 27 heavy (non-hydrogen) atoms. The van der Waals surface area contributed by atoms with Crippen LogP contribution in [-0.4, -0.2) is 40.0 Å². The number of benzene rings is 2. The normalized spacial score (nSPS) is 20.9. The van der Waals surface area contributed by atoms with E-state index in [0.717, 1.165) is 16.4 Å². The SMILES string of the molecule is Cc1cc(F)ccc1S(=O)(=O)N1CCC(c2ccccc2Cl)S(=O)(=O)CC1. The van der Waals surface area contributed by atoms with Crippen LogP contribution in [0.15, 0.2) is 47.4 Å². The van der Waals surface area contributed by atoms with Gasteiger partial charge < -0.3 is 0 Å². The molecule has 9 heteroatoms. The maximum atomic E-state index is 13.3. The van der Waals surface area contributed by atoms with Crippen molar-refractivity contribution in [2.75, 3.05) is 18.8 Å². The van der Waals surface area contributed by atoms with Crippen molar-refractivity contribution >= 4 is 31.5 Å². The first kappa shape index (κ1) is 20.3. The van der Waals surface area contributed by atoms with Crippen molar-refractivity contribution in [3.63, 3.8) is 0 Å². The molecule has 5 nitrogen and oxygen atoms in total. The minimum atomic E-state index is -3.93. The van der Waals surface area contributed by atoms with E-state index in [2.05, 4.69) is 0 Å². The van der Waals surface area contributed by atoms with Crippen molar-refractivity contribution in [2.24, 2.45) is 0 Å². The number of sulfone groups is 1. The molecule has 0 saturated carbocycles. The Kier molecular flexibility index (Phi) is 5.63. The van der Waals surface area contributed by atoms with Gasteiger partial charge in [0.2, 0.25) is 10.0 Å². The molecule has 0 spiro atoms. The molecule has 0 radical (unpaired) electrons. The lowest BCUT2D eigenvalue weighted by molar-refractivity contribution is 0.427. The van der Waals surface area contributed by atoms with Gasteiger partial charge in [-0.05, 0) is 48.7 Å². The van der Waals surface area contributed by atoms with Gasteiger partial charge in [0.1, 0.15) is 5.82 Å². The molecular formula is C18H19ClFNO4S2. The number of halogens is 2. The molecule has 1 aliphatic rings. The topological polar surface area (TPSA) is 71.5 Å². The highest BCUT2D eigenvalue weighted by molar-refractivity contribution is 7.92. The Morgan fingerprint density at radius 2 is 1.85 bits per heavy atom. The first-order chi connectivity index (χ1) is 12.6. The zero-order chi connectivity index (χ0) is 19.8. The van der Waals surface area contributed by atoms with E-state index in [0.29, 0.717) is 10.6 Å². The molecule has 146 valence electrons. The predicted molar refractivity (Wildman–Crippen MR) is 102 cm³/mol. The van der Waals surface area contributed by atoms with Crippen LogP contribution in [0.2, 0.25) is 5.02 Å². The van der Waals surface area contributed by atoms with Gasteiger partial charge in [0.15, 0.2) is 9.84 Å². The van der Waals surface area contributed by atoms with Gasteiger partial charge in [-0.3, -0.25) is 0 Å². The van der Waals surface area contributed by atoms with Crippen molar-refractivity contribution in [3.05, 3.63) is 64.4 Å². The third kappa shape index (κ3) is 4.03. The zero-order valence-corrected chi connectivity index (χ0v) is 17.0. The van der Waals surface area contributed by atoms with Crippen molar-refractivity contribution < 1.29 is 21.2 Å². The Labute approximate surface area is 163 Å². The summed E-state index contributed by atoms with van der Waals surface area (Å²) in [5, 5.41) is -0.516. The lowest BCUT2D eigenvalue weighted by Gasteiger charge is -2.21. The molecule has 1 heterocycles. The Morgan fingerprint density at radius 1 is 1.15 bits per heavy atom. The van der Waals surface area contributed by atoms with Gasteiger partial charge in [0, 0.05) is 18.1 Å². The van der Waals surface area contributed by atoms with Gasteiger partial charge >= 0.3 is 0 Å². The predicted octanol–water partition coefficient (Wildman–Crippen LogP) is 3.34. The first-order valence-corrected chi connectivity index (χ1v) is 11.9. The molecular weight excluding hydrogens is 413 g/mol. The highest BCUT2D eigenvalue weighted by atomic mass is 35.5. The summed E-state index contributed by atoms with van der Waals surface area (Å²) in [5.41, 5.74) is 0.765. The molecule has 1 fully saturated rings. The molecule has 1 atom stereocenters. The van der Waals surface area contributed by atoms with Crippen LogP contribution in [0.4, 0.5) is 4.39 Å². The second-order valence-electron chi connectivity index (χ2n) is 6.48. The summed E-state index contributed by atoms with van der Waals surface area (Å²) in [6, 6.07) is 10.1. The van der Waals surface area contributed by atoms with Crippen molar-refractivity contribution in [1.82, 2.24) is 4.31 Å². The first-order valence-electron chi connectivity index (χ1n) is 8.35. The number of aryl methyl sites for hydroxylation is 1. The second-order valence-corrected chi connectivity index (χ2v) is 11.1. The number of rotatable bonds is 3. The monoisotopic (exact) mass is 431 g/mol. The summed E-state index contributed by atoms with van der Waals surface area (Å²) in [5.74, 6) is -0.828. The van der Waals surface area contributed by atoms with Gasteiger partial charge in [-0.2, -0.15) is 4.31 Å². The number of hydrogen-bond acceptors (Lipinski definition) is 4. The van der Waals surface area contributed by atoms with Gasteiger partial charge in [0.05, 0.1) is 15.9 Å². The van der Waals surface area contributed by atoms with E-state index in [1.807, 2.05) is 0 Å². The van der Waals surface area contributed by atoms with E-state index in [1.165, 1.54) is 13.0 Å². The molecule has 1 saturated heterocycles. The van der Waals surface area contributed by atoms with E-state index in [1.54, 1.807) is 24.3 Å². The van der Waals surface area contributed by atoms with Crippen LogP contribution < -0.4 is 0 Å². The molecule has 0 N–H and O–H groups in total. The molecule has 0 bridgehead atoms. The highest BCUT2D eigenvalue weighted by Gasteiger charge is 2.36. The third-order valence-electron chi connectivity index (χ3n) is 4.71. The standard InChI is InChI=1S/C18H19ClFNO4S2/c1-13-12-14(20)6-7-17(13)27(24,25)21-9-8-18(26(22,23)11-10-21)15-4-2-3-5-16(15)19/h2-7,12,18H,8-11H2,1H3. The summed E-state index contributed by atoms with van der Waals surface area (Å²) in [6.07, 6.45) is 0.103. The van der Waals surface area contributed by atoms with Gasteiger partial charge in [-0.25, -0.2) is 21.2 Å². The molecule has 0 aromatic heterocycles. The smallest absolute Gasteiger partial charge is 0.228 e. The largest absolute Gasteiger partial charge is 0.243 e. The van der Waals surface area contributed by atoms with Gasteiger partial charge in [0.25, 0.3) is 0 Å². The molecule has 3 rings (SSSR count). The van der Waals surface area contributed by atoms with Crippen LogP contribution in [0.1, 0.15) is 22.8 Å². The van der Waals surface area contributed by atoms with E-state index >= 15 is 0 Å². The maximum Gasteiger partial charge on any atom is 0.243 e. The van der Waals surface area contributed by atoms with Crippen LogP contribution in [0.5, 0.6) is 0 Å². The summed E-state index contributed by atoms with van der Waals surface area (Å²) >= 11 is 6.16. The maximum absolute atomic E-state index is 13.3. The number of sulfonamides is 1. The number of hydrogen-bond donors (Lipinski definition) is 0. The average Bonchev–Trinajstić information content (AvgIpc) is 2.73. The Balaban J connectivity index is 1.94. The van der Waals surface area contributed by atoms with Crippen LogP contribution >= 0.6 is 11.6 Å². The van der Waals surface area contributed by atoms with Crippen LogP contribution in [-0.2, 0) is 19.9 Å². The number of nitrogens with zero attached hydrogens (tertiary/aromatic N) is 1. The lowest BCUT2D eigenvalue weighted by atomic mass is 10.1. The van der Waals surface area contributed by atoms with Gasteiger partial charge in [-0.1, -0.05) is 29.8 Å². The second kappa shape index (κ2) is 7.50. The van der Waals surface area contributed by atoms with Crippen LogP contribution in [0, 0.1) is 12.7 Å². The minimum Gasteiger partial charge on any atom is -0.228 e. The van der Waals surface area contributed by atoms with E-state index in [4.69, 9.17) is 11.6 Å². The van der Waals surface area contributed by atoms with Crippen molar-refractivity contribution in [1.29, 1.82) is 0 Å². The molecule has 1 aliphatic heterocycles. The fourth-order valence-electron chi connectivity index (χ4n) is 3.29. The van der Waals surface area contributed by atoms with E-state index in [9.17, 15) is 21.2 Å². The molecule has 1 unspecified atom stereocenters. The summed E-state index contributed by atoms with van der Waals surface area (Å²) in [7, 11) is -7.51. The Morgan fingerprint density at radius 3 is 2.52 bits per heavy atom. The quantitative estimate of drug-likeness (QED) is 0.747. The van der Waals surface area contributed by atoms with Gasteiger partial charge in [-0.15, -0.1) is 0 Å². The van der Waals surface area contributed by atoms with Crippen LogP contribution in [0.3, 0.4) is 0 Å². The van der Waals surface area contributed by atoms with Crippen molar-refractivity contribution in [2.45, 2.75) is 23.5 Å². The summed E-state index contributed by atoms with van der Waals surface area (Å²) in [6.45, 7) is 1.40. The Hall–Kier alpha value is -1.48. The molecule has 0 amide bonds. The van der Waals surface area contributed by atoms with Crippen LogP contribution in [0.25, 0.3) is 0 Å². The average molecular weight is 432 g/mol. The van der Waals surface area contributed by atoms with E-state index in [-0.39, 0.29) is 35.7 Å². The summed E-state index contributed by atoms with van der Waals surface area (Å²) < 4.78 is 65.9. The Bertz CT molecular complexity index is 1070. The lowest BCUT2D eigenvalue weighted by Crippen LogP contribution is -2.34. The molecule has 2 aromatic rings. The summed E-state index contributed by atoms with van der Waals surface area (Å²) in [4.78, 5) is -0.0162. The molecule has 2 aromatic carbocycles.